The molecule has 18 heavy (non-hydrogen) atoms. The largest absolute Gasteiger partial charge is 0.392 e. The van der Waals surface area contributed by atoms with E-state index in [2.05, 4.69) is 15.5 Å². The van der Waals surface area contributed by atoms with Crippen LogP contribution in [0.15, 0.2) is 10.5 Å². The fraction of sp³-hybridized carbons (Fsp3) is 0.455. The number of hydrogen-bond donors (Lipinski definition) is 1. The molecule has 1 fully saturated rings. The predicted octanol–water partition coefficient (Wildman–Crippen LogP) is 1.57. The minimum Gasteiger partial charge on any atom is -0.392 e. The van der Waals surface area contributed by atoms with Gasteiger partial charge < -0.3 is 10.2 Å². The number of nitrogens with one attached hydrogen (secondary N) is 1. The summed E-state index contributed by atoms with van der Waals surface area (Å²) >= 11 is 1.23. The molecule has 1 heterocycles. The molecule has 0 bridgehead atoms. The third-order valence-corrected chi connectivity index (χ3v) is 3.44. The topological polar surface area (TPSA) is 80.7 Å². The molecule has 0 unspecified atom stereocenters. The van der Waals surface area contributed by atoms with Crippen molar-refractivity contribution in [3.05, 3.63) is 11.1 Å². The molecule has 2 rings (SSSR count). The molecule has 1 aromatic rings. The van der Waals surface area contributed by atoms with Crippen molar-refractivity contribution < 1.29 is 14.4 Å². The number of nitrogens with zero attached hydrogens (tertiary/aromatic N) is 2. The van der Waals surface area contributed by atoms with E-state index in [1.165, 1.54) is 11.3 Å². The van der Waals surface area contributed by atoms with Gasteiger partial charge in [-0.25, -0.2) is 4.98 Å². The molecule has 1 saturated carbocycles. The van der Waals surface area contributed by atoms with Gasteiger partial charge in [0.25, 0.3) is 0 Å². The highest BCUT2D eigenvalue weighted by atomic mass is 32.1. The van der Waals surface area contributed by atoms with Crippen LogP contribution >= 0.6 is 11.3 Å². The Hall–Kier alpha value is -1.76. The van der Waals surface area contributed by atoms with E-state index in [0.717, 1.165) is 25.7 Å². The lowest BCUT2D eigenvalue weighted by Gasteiger charge is -2.06. The Bertz CT molecular complexity index is 452. The summed E-state index contributed by atoms with van der Waals surface area (Å²) < 4.78 is 0. The molecule has 0 radical (unpaired) electrons. The van der Waals surface area contributed by atoms with Crippen LogP contribution < -0.4 is 5.32 Å². The van der Waals surface area contributed by atoms with Crippen molar-refractivity contribution in [2.45, 2.75) is 31.8 Å². The first-order valence-corrected chi connectivity index (χ1v) is 6.56. The first-order valence-electron chi connectivity index (χ1n) is 5.68. The highest BCUT2D eigenvalue weighted by Crippen LogP contribution is 2.21. The zero-order valence-electron chi connectivity index (χ0n) is 9.67. The number of carbonyl (C=O) groups is 2. The van der Waals surface area contributed by atoms with Gasteiger partial charge in [-0.05, 0) is 25.7 Å². The molecular weight excluding hydrogens is 254 g/mol. The van der Waals surface area contributed by atoms with Crippen molar-refractivity contribution in [3.63, 3.8) is 0 Å². The molecule has 0 spiro atoms. The second kappa shape index (κ2) is 6.25. The molecule has 6 nitrogen and oxygen atoms in total. The van der Waals surface area contributed by atoms with Crippen LogP contribution in [0.3, 0.4) is 0 Å². The monoisotopic (exact) mass is 267 g/mol. The van der Waals surface area contributed by atoms with E-state index in [1.807, 2.05) is 0 Å². The number of aldehydes is 1. The van der Waals surface area contributed by atoms with Crippen LogP contribution in [0.4, 0.5) is 5.13 Å². The fourth-order valence-corrected chi connectivity index (χ4v) is 2.43. The van der Waals surface area contributed by atoms with Gasteiger partial charge in [0.2, 0.25) is 6.41 Å². The Kier molecular flexibility index (Phi) is 4.40. The van der Waals surface area contributed by atoms with E-state index in [4.69, 9.17) is 4.84 Å². The van der Waals surface area contributed by atoms with Crippen molar-refractivity contribution in [2.75, 3.05) is 5.32 Å². The third-order valence-electron chi connectivity index (χ3n) is 2.66. The van der Waals surface area contributed by atoms with E-state index in [0.29, 0.717) is 23.5 Å². The van der Waals surface area contributed by atoms with Gasteiger partial charge in [0.1, 0.15) is 11.8 Å². The van der Waals surface area contributed by atoms with Crippen LogP contribution in [0.1, 0.15) is 31.4 Å². The Morgan fingerprint density at radius 2 is 2.28 bits per heavy atom. The second-order valence-electron chi connectivity index (χ2n) is 3.91. The summed E-state index contributed by atoms with van der Waals surface area (Å²) in [5.41, 5.74) is 0.564. The Labute approximate surface area is 108 Å². The zero-order valence-corrected chi connectivity index (χ0v) is 10.5. The van der Waals surface area contributed by atoms with Gasteiger partial charge in [0.15, 0.2) is 17.1 Å². The maximum Gasteiger partial charge on any atom is 0.213 e. The van der Waals surface area contributed by atoms with Crippen LogP contribution in [0.2, 0.25) is 0 Å². The van der Waals surface area contributed by atoms with Crippen LogP contribution in [-0.2, 0) is 14.4 Å². The third kappa shape index (κ3) is 3.13. The van der Waals surface area contributed by atoms with E-state index in [1.54, 1.807) is 5.38 Å². The molecule has 1 N–H and O–H groups in total. The predicted molar refractivity (Wildman–Crippen MR) is 67.7 cm³/mol. The quantitative estimate of drug-likeness (QED) is 0.482. The molecule has 96 valence electrons. The van der Waals surface area contributed by atoms with Crippen LogP contribution in [0.25, 0.3) is 0 Å². The van der Waals surface area contributed by atoms with Gasteiger partial charge in [-0.2, -0.15) is 0 Å². The van der Waals surface area contributed by atoms with Gasteiger partial charge in [0.05, 0.1) is 0 Å². The smallest absolute Gasteiger partial charge is 0.213 e. The highest BCUT2D eigenvalue weighted by molar-refractivity contribution is 7.14. The SMILES string of the molecule is O=CNc1nc(C(C=O)=NOC2CCCC2)cs1. The minimum atomic E-state index is 0.103. The second-order valence-corrected chi connectivity index (χ2v) is 4.76. The summed E-state index contributed by atoms with van der Waals surface area (Å²) in [6.07, 6.45) is 5.48. The van der Waals surface area contributed by atoms with Gasteiger partial charge >= 0.3 is 0 Å². The number of carbonyl (C=O) groups excluding carboxylic acids is 2. The molecule has 0 saturated heterocycles. The normalized spacial score (nSPS) is 16.6. The summed E-state index contributed by atoms with van der Waals surface area (Å²) in [5, 5.41) is 8.34. The molecule has 1 aliphatic carbocycles. The van der Waals surface area contributed by atoms with Crippen LogP contribution in [-0.4, -0.2) is 29.5 Å². The maximum atomic E-state index is 10.9. The number of rotatable bonds is 6. The molecule has 0 aliphatic heterocycles. The lowest BCUT2D eigenvalue weighted by molar-refractivity contribution is -0.105. The lowest BCUT2D eigenvalue weighted by Crippen LogP contribution is -2.09. The summed E-state index contributed by atoms with van der Waals surface area (Å²) in [7, 11) is 0. The van der Waals surface area contributed by atoms with Gasteiger partial charge in [0, 0.05) is 5.38 Å². The van der Waals surface area contributed by atoms with Gasteiger partial charge in [-0.3, -0.25) is 9.59 Å². The number of aromatic nitrogens is 1. The Morgan fingerprint density at radius 1 is 1.50 bits per heavy atom. The molecule has 1 aromatic heterocycles. The Morgan fingerprint density at radius 3 is 2.94 bits per heavy atom. The minimum absolute atomic E-state index is 0.103. The number of anilines is 1. The van der Waals surface area contributed by atoms with Crippen molar-refractivity contribution in [1.82, 2.24) is 4.98 Å². The zero-order chi connectivity index (χ0) is 12.8. The molecule has 1 aliphatic rings. The standard InChI is InChI=1S/C11H13N3O3S/c15-5-9(14-17-8-3-1-2-4-8)10-6-18-11(13-10)12-7-16/h5-8H,1-4H2,(H,12,13,16). The lowest BCUT2D eigenvalue weighted by atomic mass is 10.3. The summed E-state index contributed by atoms with van der Waals surface area (Å²) in [6.45, 7) is 0. The van der Waals surface area contributed by atoms with Crippen LogP contribution in [0.5, 0.6) is 0 Å². The summed E-state index contributed by atoms with van der Waals surface area (Å²) in [6, 6.07) is 0. The highest BCUT2D eigenvalue weighted by Gasteiger charge is 2.17. The summed E-state index contributed by atoms with van der Waals surface area (Å²) in [5.74, 6) is 0. The molecule has 7 heteroatoms. The van der Waals surface area contributed by atoms with Crippen molar-refractivity contribution in [2.24, 2.45) is 5.16 Å². The first-order chi connectivity index (χ1) is 8.83. The van der Waals surface area contributed by atoms with Gasteiger partial charge in [-0.15, -0.1) is 11.3 Å². The average molecular weight is 267 g/mol. The van der Waals surface area contributed by atoms with Gasteiger partial charge in [-0.1, -0.05) is 5.16 Å². The van der Waals surface area contributed by atoms with E-state index in [9.17, 15) is 9.59 Å². The van der Waals surface area contributed by atoms with E-state index >= 15 is 0 Å². The van der Waals surface area contributed by atoms with E-state index in [-0.39, 0.29) is 11.8 Å². The Balaban J connectivity index is 2.03. The van der Waals surface area contributed by atoms with Crippen molar-refractivity contribution in [1.29, 1.82) is 0 Å². The molecule has 0 atom stereocenters. The number of thiazole rings is 1. The fourth-order valence-electron chi connectivity index (χ4n) is 1.76. The van der Waals surface area contributed by atoms with Crippen molar-refractivity contribution in [3.8, 4) is 0 Å². The summed E-state index contributed by atoms with van der Waals surface area (Å²) in [4.78, 5) is 30.6. The number of oxime groups is 1. The van der Waals surface area contributed by atoms with Crippen LogP contribution in [0, 0.1) is 0 Å². The molecular formula is C11H13N3O3S. The number of amides is 1. The molecule has 0 aromatic carbocycles. The first kappa shape index (κ1) is 12.7. The maximum absolute atomic E-state index is 10.9. The van der Waals surface area contributed by atoms with E-state index < -0.39 is 0 Å². The van der Waals surface area contributed by atoms with Crippen molar-refractivity contribution >= 4 is 34.9 Å². The number of hydrogen-bond acceptors (Lipinski definition) is 6. The molecule has 1 amide bonds. The average Bonchev–Trinajstić information content (AvgIpc) is 3.02.